The highest BCUT2D eigenvalue weighted by molar-refractivity contribution is 6.30. The maximum absolute atomic E-state index is 11.6. The first-order chi connectivity index (χ1) is 8.17. The number of hydrogen-bond donors (Lipinski definition) is 0. The van der Waals surface area contributed by atoms with Gasteiger partial charge in [0, 0.05) is 25.2 Å². The van der Waals surface area contributed by atoms with E-state index < -0.39 is 0 Å². The molecule has 0 aliphatic heterocycles. The third kappa shape index (κ3) is 4.94. The Hall–Kier alpha value is -0.770. The van der Waals surface area contributed by atoms with Gasteiger partial charge in [-0.15, -0.1) is 11.6 Å². The lowest BCUT2D eigenvalue weighted by Gasteiger charge is -2.21. The quantitative estimate of drug-likeness (QED) is 0.747. The Morgan fingerprint density at radius 3 is 2.53 bits per heavy atom. The van der Waals surface area contributed by atoms with Crippen LogP contribution < -0.4 is 0 Å². The summed E-state index contributed by atoms with van der Waals surface area (Å²) in [7, 11) is 1.60. The van der Waals surface area contributed by atoms with Crippen LogP contribution in [0.5, 0.6) is 0 Å². The van der Waals surface area contributed by atoms with Crippen molar-refractivity contribution in [1.82, 2.24) is 4.90 Å². The van der Waals surface area contributed by atoms with Gasteiger partial charge < -0.3 is 9.64 Å². The number of rotatable bonds is 6. The van der Waals surface area contributed by atoms with E-state index in [1.807, 2.05) is 12.1 Å². The minimum absolute atomic E-state index is 0.0166. The fraction of sp³-hybridized carbons (Fsp3) is 0.417. The lowest BCUT2D eigenvalue weighted by molar-refractivity contribution is -0.129. The van der Waals surface area contributed by atoms with E-state index in [2.05, 4.69) is 0 Å². The van der Waals surface area contributed by atoms with Gasteiger partial charge in [-0.05, 0) is 17.7 Å². The summed E-state index contributed by atoms with van der Waals surface area (Å²) in [5.74, 6) is -0.115. The highest BCUT2D eigenvalue weighted by Gasteiger charge is 2.12. The first kappa shape index (κ1) is 14.3. The van der Waals surface area contributed by atoms with E-state index in [9.17, 15) is 4.79 Å². The van der Waals surface area contributed by atoms with Gasteiger partial charge in [0.15, 0.2) is 0 Å². The highest BCUT2D eigenvalue weighted by Crippen LogP contribution is 2.11. The smallest absolute Gasteiger partial charge is 0.237 e. The minimum Gasteiger partial charge on any atom is -0.383 e. The Morgan fingerprint density at radius 2 is 2.00 bits per heavy atom. The standard InChI is InChI=1S/C12H15Cl2NO2/c1-17-7-6-15(12(16)8-13)9-10-2-4-11(14)5-3-10/h2-5H,6-9H2,1H3. The molecule has 5 heteroatoms. The van der Waals surface area contributed by atoms with Crippen molar-refractivity contribution < 1.29 is 9.53 Å². The average molecular weight is 276 g/mol. The Bertz CT molecular complexity index is 354. The van der Waals surface area contributed by atoms with Gasteiger partial charge >= 0.3 is 0 Å². The van der Waals surface area contributed by atoms with Gasteiger partial charge in [-0.3, -0.25) is 4.79 Å². The number of hydrogen-bond acceptors (Lipinski definition) is 2. The summed E-state index contributed by atoms with van der Waals surface area (Å²) in [6, 6.07) is 7.39. The van der Waals surface area contributed by atoms with E-state index >= 15 is 0 Å². The minimum atomic E-state index is -0.0985. The molecule has 0 unspecified atom stereocenters. The van der Waals surface area contributed by atoms with E-state index in [-0.39, 0.29) is 11.8 Å². The summed E-state index contributed by atoms with van der Waals surface area (Å²) in [5, 5.41) is 0.681. The summed E-state index contributed by atoms with van der Waals surface area (Å²) >= 11 is 11.4. The largest absolute Gasteiger partial charge is 0.383 e. The van der Waals surface area contributed by atoms with Crippen LogP contribution in [0.15, 0.2) is 24.3 Å². The molecule has 0 aliphatic carbocycles. The van der Waals surface area contributed by atoms with E-state index in [4.69, 9.17) is 27.9 Å². The zero-order valence-corrected chi connectivity index (χ0v) is 11.2. The second kappa shape index (κ2) is 7.54. The third-order valence-electron chi connectivity index (χ3n) is 2.32. The number of halogens is 2. The molecule has 0 saturated carbocycles. The molecule has 0 N–H and O–H groups in total. The molecule has 0 aromatic heterocycles. The molecule has 0 spiro atoms. The lowest BCUT2D eigenvalue weighted by Crippen LogP contribution is -2.34. The molecule has 1 rings (SSSR count). The molecule has 0 atom stereocenters. The Balaban J connectivity index is 2.64. The van der Waals surface area contributed by atoms with Crippen LogP contribution in [-0.4, -0.2) is 36.9 Å². The molecule has 0 fully saturated rings. The number of methoxy groups -OCH3 is 1. The Kier molecular flexibility index (Phi) is 6.34. The fourth-order valence-corrected chi connectivity index (χ4v) is 1.68. The number of alkyl halides is 1. The first-order valence-electron chi connectivity index (χ1n) is 5.24. The lowest BCUT2D eigenvalue weighted by atomic mass is 10.2. The van der Waals surface area contributed by atoms with Crippen LogP contribution in [0.2, 0.25) is 5.02 Å². The molecular formula is C12H15Cl2NO2. The van der Waals surface area contributed by atoms with Crippen LogP contribution in [0.3, 0.4) is 0 Å². The maximum atomic E-state index is 11.6. The van der Waals surface area contributed by atoms with Crippen molar-refractivity contribution in [2.45, 2.75) is 6.54 Å². The molecule has 0 aliphatic rings. The van der Waals surface area contributed by atoms with Gasteiger partial charge in [0.2, 0.25) is 5.91 Å². The van der Waals surface area contributed by atoms with Gasteiger partial charge in [-0.1, -0.05) is 23.7 Å². The molecule has 17 heavy (non-hydrogen) atoms. The molecule has 1 aromatic carbocycles. The number of benzene rings is 1. The summed E-state index contributed by atoms with van der Waals surface area (Å²) in [4.78, 5) is 13.3. The molecule has 94 valence electrons. The van der Waals surface area contributed by atoms with Crippen LogP contribution in [0.1, 0.15) is 5.56 Å². The van der Waals surface area contributed by atoms with Gasteiger partial charge in [0.1, 0.15) is 5.88 Å². The van der Waals surface area contributed by atoms with Crippen LogP contribution in [0.4, 0.5) is 0 Å². The van der Waals surface area contributed by atoms with Crippen LogP contribution in [0, 0.1) is 0 Å². The molecule has 0 radical (unpaired) electrons. The summed E-state index contributed by atoms with van der Waals surface area (Å²) in [5.41, 5.74) is 1.02. The third-order valence-corrected chi connectivity index (χ3v) is 2.80. The van der Waals surface area contributed by atoms with Crippen molar-refractivity contribution in [3.05, 3.63) is 34.9 Å². The Morgan fingerprint density at radius 1 is 1.35 bits per heavy atom. The molecular weight excluding hydrogens is 261 g/mol. The highest BCUT2D eigenvalue weighted by atomic mass is 35.5. The Labute approximate surface area is 111 Å². The zero-order chi connectivity index (χ0) is 12.7. The monoisotopic (exact) mass is 275 g/mol. The fourth-order valence-electron chi connectivity index (χ4n) is 1.39. The van der Waals surface area contributed by atoms with Gasteiger partial charge in [0.25, 0.3) is 0 Å². The normalized spacial score (nSPS) is 10.3. The zero-order valence-electron chi connectivity index (χ0n) is 9.66. The van der Waals surface area contributed by atoms with Crippen molar-refractivity contribution in [2.24, 2.45) is 0 Å². The van der Waals surface area contributed by atoms with Gasteiger partial charge in [0.05, 0.1) is 6.61 Å². The second-order valence-corrected chi connectivity index (χ2v) is 4.27. The predicted octanol–water partition coefficient (Wildman–Crippen LogP) is 2.55. The molecule has 3 nitrogen and oxygen atoms in total. The number of amides is 1. The topological polar surface area (TPSA) is 29.5 Å². The van der Waals surface area contributed by atoms with E-state index in [0.29, 0.717) is 24.7 Å². The van der Waals surface area contributed by atoms with Crippen LogP contribution in [0.25, 0.3) is 0 Å². The van der Waals surface area contributed by atoms with Crippen LogP contribution >= 0.6 is 23.2 Å². The number of carbonyl (C=O) groups is 1. The van der Waals surface area contributed by atoms with Gasteiger partial charge in [-0.25, -0.2) is 0 Å². The van der Waals surface area contributed by atoms with Crippen molar-refractivity contribution in [2.75, 3.05) is 26.1 Å². The van der Waals surface area contributed by atoms with Crippen LogP contribution in [-0.2, 0) is 16.1 Å². The summed E-state index contributed by atoms with van der Waals surface area (Å²) in [6.45, 7) is 1.55. The number of nitrogens with zero attached hydrogens (tertiary/aromatic N) is 1. The summed E-state index contributed by atoms with van der Waals surface area (Å²) in [6.07, 6.45) is 0. The predicted molar refractivity (Wildman–Crippen MR) is 69.5 cm³/mol. The van der Waals surface area contributed by atoms with Crippen molar-refractivity contribution in [1.29, 1.82) is 0 Å². The molecule has 1 aromatic rings. The average Bonchev–Trinajstić information content (AvgIpc) is 2.36. The maximum Gasteiger partial charge on any atom is 0.237 e. The van der Waals surface area contributed by atoms with Gasteiger partial charge in [-0.2, -0.15) is 0 Å². The van der Waals surface area contributed by atoms with Crippen molar-refractivity contribution in [3.63, 3.8) is 0 Å². The number of ether oxygens (including phenoxy) is 1. The molecule has 0 heterocycles. The van der Waals surface area contributed by atoms with E-state index in [1.165, 1.54) is 0 Å². The van der Waals surface area contributed by atoms with E-state index in [1.54, 1.807) is 24.1 Å². The molecule has 0 bridgehead atoms. The van der Waals surface area contributed by atoms with Crippen molar-refractivity contribution in [3.8, 4) is 0 Å². The summed E-state index contributed by atoms with van der Waals surface area (Å²) < 4.78 is 4.97. The molecule has 1 amide bonds. The van der Waals surface area contributed by atoms with Crippen molar-refractivity contribution >= 4 is 29.1 Å². The number of carbonyl (C=O) groups excluding carboxylic acids is 1. The van der Waals surface area contributed by atoms with E-state index in [0.717, 1.165) is 5.56 Å². The second-order valence-electron chi connectivity index (χ2n) is 3.57. The SMILES string of the molecule is COCCN(Cc1ccc(Cl)cc1)C(=O)CCl. The first-order valence-corrected chi connectivity index (χ1v) is 6.15. The molecule has 0 saturated heterocycles.